The number of rotatable bonds is 13. The van der Waals surface area contributed by atoms with Gasteiger partial charge in [0.05, 0.1) is 18.4 Å². The predicted molar refractivity (Wildman–Crippen MR) is 140 cm³/mol. The van der Waals surface area contributed by atoms with Crippen molar-refractivity contribution in [2.75, 3.05) is 25.1 Å². The summed E-state index contributed by atoms with van der Waals surface area (Å²) in [5.41, 5.74) is 2.87. The van der Waals surface area contributed by atoms with Crippen molar-refractivity contribution in [2.45, 2.75) is 32.0 Å². The molecule has 0 unspecified atom stereocenters. The van der Waals surface area contributed by atoms with Crippen LogP contribution in [0.4, 0.5) is 10.5 Å². The van der Waals surface area contributed by atoms with Gasteiger partial charge in [-0.05, 0) is 48.9 Å². The van der Waals surface area contributed by atoms with Crippen LogP contribution in [0.15, 0.2) is 78.9 Å². The zero-order chi connectivity index (χ0) is 26.5. The van der Waals surface area contributed by atoms with Crippen LogP contribution in [0.2, 0.25) is 0 Å². The third-order valence-corrected chi connectivity index (χ3v) is 5.54. The molecule has 0 fully saturated rings. The van der Waals surface area contributed by atoms with E-state index in [1.165, 1.54) is 6.08 Å². The molecule has 9 heteroatoms. The summed E-state index contributed by atoms with van der Waals surface area (Å²) in [6.07, 6.45) is 1.80. The lowest BCUT2D eigenvalue weighted by Gasteiger charge is -2.27. The molecule has 0 radical (unpaired) electrons. The fraction of sp³-hybridized carbons (Fsp3) is 0.286. The van der Waals surface area contributed by atoms with Gasteiger partial charge in [-0.15, -0.1) is 0 Å². The summed E-state index contributed by atoms with van der Waals surface area (Å²) < 4.78 is 17.3. The van der Waals surface area contributed by atoms with Gasteiger partial charge in [0.1, 0.15) is 12.4 Å². The molecule has 196 valence electrons. The number of fused-ring (bicyclic) bond motifs is 1. The highest BCUT2D eigenvalue weighted by Gasteiger charge is 2.28. The SMILES string of the molecule is CCO[C@@H](CC/C=C/C(=O)NO)[C@@H](OC(=O)Nc1cccc2ccccc12)c1ccc(OCCO)cc1. The van der Waals surface area contributed by atoms with Crippen molar-refractivity contribution in [1.29, 1.82) is 0 Å². The average Bonchev–Trinajstić information content (AvgIpc) is 2.92. The quantitative estimate of drug-likeness (QED) is 0.149. The van der Waals surface area contributed by atoms with Crippen molar-refractivity contribution in [1.82, 2.24) is 5.48 Å². The van der Waals surface area contributed by atoms with Gasteiger partial charge < -0.3 is 19.3 Å². The molecule has 0 bridgehead atoms. The number of hydrogen-bond donors (Lipinski definition) is 4. The number of amides is 2. The number of hydroxylamine groups is 1. The Bertz CT molecular complexity index is 1180. The Morgan fingerprint density at radius 1 is 1.03 bits per heavy atom. The lowest BCUT2D eigenvalue weighted by Crippen LogP contribution is -2.29. The van der Waals surface area contributed by atoms with E-state index in [4.69, 9.17) is 24.5 Å². The van der Waals surface area contributed by atoms with E-state index in [1.807, 2.05) is 49.4 Å². The molecule has 0 aliphatic rings. The van der Waals surface area contributed by atoms with Crippen molar-refractivity contribution in [3.05, 3.63) is 84.4 Å². The van der Waals surface area contributed by atoms with Gasteiger partial charge in [-0.3, -0.25) is 15.3 Å². The first-order valence-corrected chi connectivity index (χ1v) is 12.1. The summed E-state index contributed by atoms with van der Waals surface area (Å²) in [6.45, 7) is 2.30. The highest BCUT2D eigenvalue weighted by Crippen LogP contribution is 2.30. The molecule has 0 saturated carbocycles. The first kappa shape index (κ1) is 27.7. The molecular formula is C28H32N2O7. The van der Waals surface area contributed by atoms with Crippen LogP contribution in [0, 0.1) is 0 Å². The Labute approximate surface area is 215 Å². The van der Waals surface area contributed by atoms with Crippen molar-refractivity contribution >= 4 is 28.5 Å². The third kappa shape index (κ3) is 8.32. The van der Waals surface area contributed by atoms with Crippen LogP contribution >= 0.6 is 0 Å². The van der Waals surface area contributed by atoms with Crippen LogP contribution in [-0.2, 0) is 14.3 Å². The highest BCUT2D eigenvalue weighted by atomic mass is 16.6. The Morgan fingerprint density at radius 3 is 2.51 bits per heavy atom. The summed E-state index contributed by atoms with van der Waals surface area (Å²) in [4.78, 5) is 24.4. The fourth-order valence-electron chi connectivity index (χ4n) is 3.89. The summed E-state index contributed by atoms with van der Waals surface area (Å²) in [7, 11) is 0. The lowest BCUT2D eigenvalue weighted by atomic mass is 10.00. The van der Waals surface area contributed by atoms with E-state index < -0.39 is 24.2 Å². The number of ether oxygens (including phenoxy) is 3. The van der Waals surface area contributed by atoms with Gasteiger partial charge in [0.25, 0.3) is 5.91 Å². The molecule has 9 nitrogen and oxygen atoms in total. The molecule has 0 spiro atoms. The smallest absolute Gasteiger partial charge is 0.412 e. The van der Waals surface area contributed by atoms with Crippen molar-refractivity contribution < 1.29 is 34.1 Å². The minimum atomic E-state index is -0.762. The number of allylic oxidation sites excluding steroid dienone is 1. The van der Waals surface area contributed by atoms with Crippen molar-refractivity contribution in [2.24, 2.45) is 0 Å². The number of benzene rings is 3. The Morgan fingerprint density at radius 2 is 1.78 bits per heavy atom. The van der Waals surface area contributed by atoms with E-state index in [0.717, 1.165) is 10.8 Å². The zero-order valence-electron chi connectivity index (χ0n) is 20.6. The minimum absolute atomic E-state index is 0.101. The number of nitrogens with one attached hydrogen (secondary N) is 2. The van der Waals surface area contributed by atoms with Gasteiger partial charge in [-0.25, -0.2) is 10.3 Å². The van der Waals surface area contributed by atoms with Crippen molar-refractivity contribution in [3.63, 3.8) is 0 Å². The number of aliphatic hydroxyl groups excluding tert-OH is 1. The van der Waals surface area contributed by atoms with Crippen molar-refractivity contribution in [3.8, 4) is 5.75 Å². The average molecular weight is 509 g/mol. The molecular weight excluding hydrogens is 476 g/mol. The van der Waals surface area contributed by atoms with Gasteiger partial charge in [0.2, 0.25) is 0 Å². The maximum atomic E-state index is 13.1. The summed E-state index contributed by atoms with van der Waals surface area (Å²) in [5, 5.41) is 22.4. The molecule has 37 heavy (non-hydrogen) atoms. The molecule has 0 aromatic heterocycles. The molecule has 0 aliphatic carbocycles. The second-order valence-electron chi connectivity index (χ2n) is 8.07. The monoisotopic (exact) mass is 508 g/mol. The largest absolute Gasteiger partial charge is 0.491 e. The van der Waals surface area contributed by atoms with Crippen LogP contribution in [0.1, 0.15) is 31.4 Å². The molecule has 3 aromatic rings. The maximum Gasteiger partial charge on any atom is 0.412 e. The van der Waals surface area contributed by atoms with E-state index in [1.54, 1.807) is 35.8 Å². The topological polar surface area (TPSA) is 126 Å². The first-order chi connectivity index (χ1) is 18.0. The first-order valence-electron chi connectivity index (χ1n) is 12.1. The number of carbonyl (C=O) groups is 2. The molecule has 2 amide bonds. The molecule has 0 heterocycles. The number of anilines is 1. The predicted octanol–water partition coefficient (Wildman–Crippen LogP) is 4.75. The second kappa shape index (κ2) is 14.6. The number of carbonyl (C=O) groups excluding carboxylic acids is 2. The van der Waals surface area contributed by atoms with Gasteiger partial charge in [-0.1, -0.05) is 54.6 Å². The number of aliphatic hydroxyl groups is 1. The Balaban J connectivity index is 1.82. The van der Waals surface area contributed by atoms with Crippen LogP contribution in [-0.4, -0.2) is 48.2 Å². The third-order valence-electron chi connectivity index (χ3n) is 5.54. The molecule has 3 rings (SSSR count). The Kier molecular flexibility index (Phi) is 10.9. The van der Waals surface area contributed by atoms with Gasteiger partial charge >= 0.3 is 6.09 Å². The van der Waals surface area contributed by atoms with E-state index >= 15 is 0 Å². The number of hydrogen-bond acceptors (Lipinski definition) is 7. The fourth-order valence-corrected chi connectivity index (χ4v) is 3.89. The van der Waals surface area contributed by atoms with E-state index in [9.17, 15) is 9.59 Å². The zero-order valence-corrected chi connectivity index (χ0v) is 20.6. The van der Waals surface area contributed by atoms with Crippen LogP contribution < -0.4 is 15.5 Å². The normalized spacial score (nSPS) is 12.7. The summed E-state index contributed by atoms with van der Waals surface area (Å²) >= 11 is 0. The molecule has 4 N–H and O–H groups in total. The Hall–Kier alpha value is -3.92. The van der Waals surface area contributed by atoms with E-state index in [2.05, 4.69) is 5.32 Å². The van der Waals surface area contributed by atoms with E-state index in [0.29, 0.717) is 36.4 Å². The van der Waals surface area contributed by atoms with Gasteiger partial charge in [-0.2, -0.15) is 0 Å². The van der Waals surface area contributed by atoms with Crippen LogP contribution in [0.3, 0.4) is 0 Å². The second-order valence-corrected chi connectivity index (χ2v) is 8.07. The summed E-state index contributed by atoms with van der Waals surface area (Å²) in [5.74, 6) is -0.0589. The van der Waals surface area contributed by atoms with Crippen LogP contribution in [0.5, 0.6) is 5.75 Å². The summed E-state index contributed by atoms with van der Waals surface area (Å²) in [6, 6.07) is 20.4. The maximum absolute atomic E-state index is 13.1. The van der Waals surface area contributed by atoms with E-state index in [-0.39, 0.29) is 13.2 Å². The van der Waals surface area contributed by atoms with Gasteiger partial charge in [0.15, 0.2) is 6.10 Å². The van der Waals surface area contributed by atoms with Crippen LogP contribution in [0.25, 0.3) is 10.8 Å². The van der Waals surface area contributed by atoms with Gasteiger partial charge in [0, 0.05) is 18.1 Å². The molecule has 0 aliphatic heterocycles. The molecule has 0 saturated heterocycles. The lowest BCUT2D eigenvalue weighted by molar-refractivity contribution is -0.124. The minimum Gasteiger partial charge on any atom is -0.491 e. The highest BCUT2D eigenvalue weighted by molar-refractivity contribution is 6.00. The standard InChI is InChI=1S/C28H32N2O7/c1-2-35-25(12-5-6-13-26(32)30-34)27(21-14-16-22(17-15-21)36-19-18-31)37-28(33)29-24-11-7-9-20-8-3-4-10-23(20)24/h3-4,6-11,13-17,25,27,31,34H,2,5,12,18-19H2,1H3,(H,29,33)(H,30,32)/b13-6+/t25-,27-/m0/s1. The molecule has 3 aromatic carbocycles. The molecule has 2 atom stereocenters.